The lowest BCUT2D eigenvalue weighted by Gasteiger charge is -2.35. The van der Waals surface area contributed by atoms with Crippen molar-refractivity contribution in [2.75, 3.05) is 32.2 Å². The van der Waals surface area contributed by atoms with Crippen molar-refractivity contribution in [3.05, 3.63) is 99.6 Å². The van der Waals surface area contributed by atoms with E-state index in [4.69, 9.17) is 9.47 Å². The highest BCUT2D eigenvalue weighted by Gasteiger charge is 2.30. The van der Waals surface area contributed by atoms with Gasteiger partial charge in [0, 0.05) is 30.8 Å². The third-order valence-electron chi connectivity index (χ3n) is 7.21. The maximum atomic E-state index is 6.19. The fourth-order valence-corrected chi connectivity index (χ4v) is 4.93. The van der Waals surface area contributed by atoms with E-state index >= 15 is 0 Å². The maximum absolute atomic E-state index is 6.19. The van der Waals surface area contributed by atoms with Crippen LogP contribution in [0.2, 0.25) is 0 Å². The number of anilines is 1. The van der Waals surface area contributed by atoms with Crippen molar-refractivity contribution >= 4 is 30.0 Å². The molecule has 3 aromatic rings. The number of aryl methyl sites for hydroxylation is 2. The Morgan fingerprint density at radius 1 is 0.718 bits per heavy atom. The summed E-state index contributed by atoms with van der Waals surface area (Å²) in [6.07, 6.45) is 12.8. The summed E-state index contributed by atoms with van der Waals surface area (Å²) < 4.78 is 12.4. The molecule has 1 heterocycles. The largest absolute Gasteiger partial charge is 0.378 e. The Balaban J connectivity index is 1.51. The fraction of sp³-hybridized carbons (Fsp3) is 0.389. The molecule has 0 bridgehead atoms. The van der Waals surface area contributed by atoms with Gasteiger partial charge in [0.1, 0.15) is 0 Å². The molecule has 39 heavy (non-hydrogen) atoms. The Kier molecular flexibility index (Phi) is 9.83. The summed E-state index contributed by atoms with van der Waals surface area (Å²) in [4.78, 5) is 2.12. The van der Waals surface area contributed by atoms with Crippen LogP contribution in [-0.4, -0.2) is 27.3 Å². The monoisotopic (exact) mass is 523 g/mol. The van der Waals surface area contributed by atoms with E-state index in [0.717, 1.165) is 38.9 Å². The SMILES string of the molecule is CCCc1cc(C2OCC(C)(C)CO2)c(CCC)cc1/C=C/c1ccc(/C=C/c2ccc(N(C)C)cc2)cc1. The molecule has 0 atom stereocenters. The molecule has 1 fully saturated rings. The van der Waals surface area contributed by atoms with Gasteiger partial charge in [-0.25, -0.2) is 0 Å². The van der Waals surface area contributed by atoms with Crippen molar-refractivity contribution in [2.45, 2.75) is 59.7 Å². The lowest BCUT2D eigenvalue weighted by atomic mass is 9.91. The maximum Gasteiger partial charge on any atom is 0.184 e. The van der Waals surface area contributed by atoms with Gasteiger partial charge in [-0.2, -0.15) is 0 Å². The first kappa shape index (κ1) is 28.9. The smallest absolute Gasteiger partial charge is 0.184 e. The summed E-state index contributed by atoms with van der Waals surface area (Å²) in [5.74, 6) is 0. The van der Waals surface area contributed by atoms with E-state index in [1.165, 1.54) is 44.6 Å². The Morgan fingerprint density at radius 2 is 1.21 bits per heavy atom. The lowest BCUT2D eigenvalue weighted by molar-refractivity contribution is -0.226. The van der Waals surface area contributed by atoms with Crippen LogP contribution in [-0.2, 0) is 22.3 Å². The molecule has 1 aliphatic rings. The normalized spacial score (nSPS) is 15.8. The van der Waals surface area contributed by atoms with Crippen LogP contribution in [0.4, 0.5) is 5.69 Å². The van der Waals surface area contributed by atoms with Crippen molar-refractivity contribution in [1.82, 2.24) is 0 Å². The molecule has 0 aromatic heterocycles. The molecule has 0 aliphatic carbocycles. The summed E-state index contributed by atoms with van der Waals surface area (Å²) in [7, 11) is 4.12. The van der Waals surface area contributed by atoms with Crippen LogP contribution in [0.5, 0.6) is 0 Å². The first-order chi connectivity index (χ1) is 18.8. The second-order valence-corrected chi connectivity index (χ2v) is 11.7. The minimum Gasteiger partial charge on any atom is -0.378 e. The van der Waals surface area contributed by atoms with Crippen LogP contribution >= 0.6 is 0 Å². The lowest BCUT2D eigenvalue weighted by Crippen LogP contribution is -2.34. The number of hydrogen-bond donors (Lipinski definition) is 0. The van der Waals surface area contributed by atoms with Gasteiger partial charge >= 0.3 is 0 Å². The highest BCUT2D eigenvalue weighted by Crippen LogP contribution is 2.35. The minimum absolute atomic E-state index is 0.0687. The van der Waals surface area contributed by atoms with E-state index < -0.39 is 0 Å². The van der Waals surface area contributed by atoms with Crippen molar-refractivity contribution in [3.8, 4) is 0 Å². The van der Waals surface area contributed by atoms with Gasteiger partial charge < -0.3 is 14.4 Å². The zero-order valence-electron chi connectivity index (χ0n) is 24.7. The summed E-state index contributed by atoms with van der Waals surface area (Å²) in [6.45, 7) is 10.3. The summed E-state index contributed by atoms with van der Waals surface area (Å²) in [5, 5.41) is 0. The molecule has 0 radical (unpaired) electrons. The Hall–Kier alpha value is -3.14. The zero-order chi connectivity index (χ0) is 27.8. The van der Waals surface area contributed by atoms with E-state index in [1.807, 2.05) is 0 Å². The summed E-state index contributed by atoms with van der Waals surface area (Å²) in [6, 6.07) is 22.1. The number of ether oxygens (including phenoxy) is 2. The van der Waals surface area contributed by atoms with Crippen LogP contribution in [0, 0.1) is 5.41 Å². The topological polar surface area (TPSA) is 21.7 Å². The highest BCUT2D eigenvalue weighted by atomic mass is 16.7. The molecule has 3 heteroatoms. The van der Waals surface area contributed by atoms with E-state index in [9.17, 15) is 0 Å². The van der Waals surface area contributed by atoms with E-state index in [0.29, 0.717) is 0 Å². The van der Waals surface area contributed by atoms with Crippen molar-refractivity contribution in [1.29, 1.82) is 0 Å². The molecular weight excluding hydrogens is 478 g/mol. The van der Waals surface area contributed by atoms with E-state index in [-0.39, 0.29) is 11.7 Å². The molecule has 0 N–H and O–H groups in total. The first-order valence-electron chi connectivity index (χ1n) is 14.4. The molecule has 1 aliphatic heterocycles. The second kappa shape index (κ2) is 13.3. The number of hydrogen-bond acceptors (Lipinski definition) is 3. The first-order valence-corrected chi connectivity index (χ1v) is 14.4. The minimum atomic E-state index is -0.264. The second-order valence-electron chi connectivity index (χ2n) is 11.7. The van der Waals surface area contributed by atoms with Gasteiger partial charge in [0.05, 0.1) is 13.2 Å². The van der Waals surface area contributed by atoms with Crippen LogP contribution in [0.3, 0.4) is 0 Å². The third-order valence-corrected chi connectivity index (χ3v) is 7.21. The molecule has 0 spiro atoms. The van der Waals surface area contributed by atoms with Gasteiger partial charge in [-0.3, -0.25) is 0 Å². The van der Waals surface area contributed by atoms with Crippen LogP contribution in [0.15, 0.2) is 60.7 Å². The highest BCUT2D eigenvalue weighted by molar-refractivity contribution is 5.74. The molecule has 4 rings (SSSR count). The third kappa shape index (κ3) is 7.94. The van der Waals surface area contributed by atoms with Gasteiger partial charge in [-0.15, -0.1) is 0 Å². The van der Waals surface area contributed by atoms with Gasteiger partial charge in [0.2, 0.25) is 0 Å². The predicted molar refractivity (Wildman–Crippen MR) is 168 cm³/mol. The predicted octanol–water partition coefficient (Wildman–Crippen LogP) is 9.07. The van der Waals surface area contributed by atoms with Crippen molar-refractivity contribution in [3.63, 3.8) is 0 Å². The number of nitrogens with zero attached hydrogens (tertiary/aromatic N) is 1. The molecule has 0 saturated carbocycles. The van der Waals surface area contributed by atoms with E-state index in [2.05, 4.69) is 132 Å². The van der Waals surface area contributed by atoms with Crippen LogP contribution < -0.4 is 4.90 Å². The molecule has 0 unspecified atom stereocenters. The Labute approximate surface area is 236 Å². The molecule has 1 saturated heterocycles. The Bertz CT molecular complexity index is 1260. The zero-order valence-corrected chi connectivity index (χ0v) is 24.7. The van der Waals surface area contributed by atoms with Gasteiger partial charge in [0.15, 0.2) is 6.29 Å². The van der Waals surface area contributed by atoms with Crippen LogP contribution in [0.1, 0.15) is 85.8 Å². The summed E-state index contributed by atoms with van der Waals surface area (Å²) in [5.41, 5.74) is 10.1. The van der Waals surface area contributed by atoms with Crippen molar-refractivity contribution < 1.29 is 9.47 Å². The average Bonchev–Trinajstić information content (AvgIpc) is 2.93. The summed E-state index contributed by atoms with van der Waals surface area (Å²) >= 11 is 0. The van der Waals surface area contributed by atoms with Crippen LogP contribution in [0.25, 0.3) is 24.3 Å². The molecule has 206 valence electrons. The average molecular weight is 524 g/mol. The standard InChI is InChI=1S/C36H45NO2/c1-7-9-30-24-34(35-38-25-36(3,4)26-39-35)32(10-8-2)23-31(30)20-17-28-14-11-27(12-15-28)13-16-29-18-21-33(22-19-29)37(5)6/h11-24,35H,7-10,25-26H2,1-6H3/b16-13+,20-17+. The molecule has 3 nitrogen and oxygen atoms in total. The molecular formula is C36H45NO2. The number of rotatable bonds is 10. The number of benzene rings is 3. The molecule has 0 amide bonds. The molecule has 3 aromatic carbocycles. The Morgan fingerprint density at radius 3 is 1.72 bits per heavy atom. The van der Waals surface area contributed by atoms with Gasteiger partial charge in [-0.1, -0.05) is 107 Å². The fourth-order valence-electron chi connectivity index (χ4n) is 4.93. The van der Waals surface area contributed by atoms with E-state index in [1.54, 1.807) is 0 Å². The van der Waals surface area contributed by atoms with Crippen molar-refractivity contribution in [2.24, 2.45) is 5.41 Å². The quantitative estimate of drug-likeness (QED) is 0.247. The van der Waals surface area contributed by atoms with Gasteiger partial charge in [-0.05, 0) is 64.4 Å². The van der Waals surface area contributed by atoms with Gasteiger partial charge in [0.25, 0.3) is 0 Å².